The van der Waals surface area contributed by atoms with Gasteiger partial charge in [-0.15, -0.1) is 0 Å². The predicted molar refractivity (Wildman–Crippen MR) is 100 cm³/mol. The number of anilines is 1. The molecule has 3 aromatic rings. The second kappa shape index (κ2) is 7.72. The number of hydrogen-bond acceptors (Lipinski definition) is 2. The molecule has 0 spiro atoms. The van der Waals surface area contributed by atoms with Gasteiger partial charge in [-0.05, 0) is 42.8 Å². The summed E-state index contributed by atoms with van der Waals surface area (Å²) in [4.78, 5) is 25.1. The van der Waals surface area contributed by atoms with Gasteiger partial charge < -0.3 is 9.88 Å². The quantitative estimate of drug-likeness (QED) is 0.719. The van der Waals surface area contributed by atoms with Crippen LogP contribution in [0.15, 0.2) is 71.7 Å². The van der Waals surface area contributed by atoms with Crippen LogP contribution in [0, 0.1) is 6.92 Å². The summed E-state index contributed by atoms with van der Waals surface area (Å²) in [5.41, 5.74) is 0.399. The van der Waals surface area contributed by atoms with Crippen LogP contribution in [0.1, 0.15) is 27.0 Å². The van der Waals surface area contributed by atoms with Gasteiger partial charge in [0.05, 0.1) is 12.1 Å². The average molecular weight is 386 g/mol. The molecule has 7 heteroatoms. The van der Waals surface area contributed by atoms with Gasteiger partial charge in [0.1, 0.15) is 5.56 Å². The van der Waals surface area contributed by atoms with Crippen molar-refractivity contribution in [3.63, 3.8) is 0 Å². The molecular weight excluding hydrogens is 369 g/mol. The summed E-state index contributed by atoms with van der Waals surface area (Å²) >= 11 is 0. The molecule has 0 fully saturated rings. The van der Waals surface area contributed by atoms with E-state index in [4.69, 9.17) is 0 Å². The molecule has 4 nitrogen and oxygen atoms in total. The fourth-order valence-electron chi connectivity index (χ4n) is 2.70. The SMILES string of the molecule is Cc1ccc(Cn2cccc(C(=O)Nc3cccc(C(F)(F)F)c3)c2=O)cc1. The van der Waals surface area contributed by atoms with Gasteiger partial charge in [0, 0.05) is 11.9 Å². The van der Waals surface area contributed by atoms with Crippen molar-refractivity contribution in [2.75, 3.05) is 5.32 Å². The lowest BCUT2D eigenvalue weighted by atomic mass is 10.1. The number of aromatic nitrogens is 1. The van der Waals surface area contributed by atoms with E-state index in [0.29, 0.717) is 0 Å². The number of pyridine rings is 1. The Kier molecular flexibility index (Phi) is 5.35. The van der Waals surface area contributed by atoms with E-state index in [1.165, 1.54) is 22.8 Å². The largest absolute Gasteiger partial charge is 0.416 e. The van der Waals surface area contributed by atoms with E-state index in [-0.39, 0.29) is 17.8 Å². The van der Waals surface area contributed by atoms with Gasteiger partial charge in [0.2, 0.25) is 0 Å². The Hall–Kier alpha value is -3.35. The van der Waals surface area contributed by atoms with Crippen LogP contribution in [0.3, 0.4) is 0 Å². The molecule has 1 amide bonds. The molecule has 0 aliphatic rings. The topological polar surface area (TPSA) is 51.1 Å². The van der Waals surface area contributed by atoms with Crippen molar-refractivity contribution in [1.82, 2.24) is 4.57 Å². The summed E-state index contributed by atoms with van der Waals surface area (Å²) in [6, 6.07) is 14.8. The van der Waals surface area contributed by atoms with E-state index >= 15 is 0 Å². The molecule has 2 aromatic carbocycles. The van der Waals surface area contributed by atoms with Gasteiger partial charge in [-0.2, -0.15) is 13.2 Å². The van der Waals surface area contributed by atoms with Crippen LogP contribution >= 0.6 is 0 Å². The molecule has 0 aliphatic carbocycles. The Labute approximate surface area is 159 Å². The third-order valence-electron chi connectivity index (χ3n) is 4.19. The second-order valence-corrected chi connectivity index (χ2v) is 6.37. The van der Waals surface area contributed by atoms with Gasteiger partial charge in [0.15, 0.2) is 0 Å². The summed E-state index contributed by atoms with van der Waals surface area (Å²) < 4.78 is 39.8. The Morgan fingerprint density at radius 1 is 1.04 bits per heavy atom. The highest BCUT2D eigenvalue weighted by atomic mass is 19.4. The molecule has 1 aromatic heterocycles. The normalized spacial score (nSPS) is 11.3. The van der Waals surface area contributed by atoms with Crippen LogP contribution in [-0.4, -0.2) is 10.5 Å². The Bertz CT molecular complexity index is 1050. The molecule has 28 heavy (non-hydrogen) atoms. The Balaban J connectivity index is 1.83. The first kappa shape index (κ1) is 19.4. The number of carbonyl (C=O) groups excluding carboxylic acids is 1. The van der Waals surface area contributed by atoms with E-state index in [9.17, 15) is 22.8 Å². The van der Waals surface area contributed by atoms with Crippen molar-refractivity contribution >= 4 is 11.6 Å². The summed E-state index contributed by atoms with van der Waals surface area (Å²) in [5.74, 6) is -0.761. The number of hydrogen-bond donors (Lipinski definition) is 1. The summed E-state index contributed by atoms with van der Waals surface area (Å²) in [5, 5.41) is 2.36. The molecule has 1 heterocycles. The van der Waals surface area contributed by atoms with Crippen molar-refractivity contribution in [3.05, 3.63) is 99.5 Å². The first-order valence-electron chi connectivity index (χ1n) is 8.47. The molecule has 0 saturated heterocycles. The zero-order valence-corrected chi connectivity index (χ0v) is 15.0. The van der Waals surface area contributed by atoms with Crippen LogP contribution in [0.2, 0.25) is 0 Å². The molecule has 3 rings (SSSR count). The zero-order chi connectivity index (χ0) is 20.3. The van der Waals surface area contributed by atoms with E-state index in [0.717, 1.165) is 23.3 Å². The van der Waals surface area contributed by atoms with E-state index in [1.807, 2.05) is 31.2 Å². The maximum Gasteiger partial charge on any atom is 0.416 e. The molecular formula is C21H17F3N2O2. The van der Waals surface area contributed by atoms with Crippen LogP contribution < -0.4 is 10.9 Å². The molecule has 0 saturated carbocycles. The number of rotatable bonds is 4. The van der Waals surface area contributed by atoms with Crippen LogP contribution in [0.5, 0.6) is 0 Å². The third kappa shape index (κ3) is 4.49. The molecule has 0 aliphatic heterocycles. The van der Waals surface area contributed by atoms with Crippen molar-refractivity contribution in [3.8, 4) is 0 Å². The standard InChI is InChI=1S/C21H17F3N2O2/c1-14-7-9-15(10-8-14)13-26-11-3-6-18(20(26)28)19(27)25-17-5-2-4-16(12-17)21(22,23)24/h2-12H,13H2,1H3,(H,25,27). The van der Waals surface area contributed by atoms with Crippen molar-refractivity contribution in [2.24, 2.45) is 0 Å². The molecule has 0 unspecified atom stereocenters. The highest BCUT2D eigenvalue weighted by molar-refractivity contribution is 6.04. The van der Waals surface area contributed by atoms with Crippen LogP contribution in [-0.2, 0) is 12.7 Å². The number of nitrogens with zero attached hydrogens (tertiary/aromatic N) is 1. The van der Waals surface area contributed by atoms with Crippen LogP contribution in [0.4, 0.5) is 18.9 Å². The first-order valence-corrected chi connectivity index (χ1v) is 8.47. The lowest BCUT2D eigenvalue weighted by Crippen LogP contribution is -2.29. The summed E-state index contributed by atoms with van der Waals surface area (Å²) in [6.07, 6.45) is -2.96. The van der Waals surface area contributed by atoms with Gasteiger partial charge in [-0.1, -0.05) is 35.9 Å². The lowest BCUT2D eigenvalue weighted by Gasteiger charge is -2.11. The van der Waals surface area contributed by atoms with E-state index in [1.54, 1.807) is 12.3 Å². The minimum atomic E-state index is -4.52. The fourth-order valence-corrected chi connectivity index (χ4v) is 2.70. The molecule has 0 bridgehead atoms. The van der Waals surface area contributed by atoms with Gasteiger partial charge in [-0.3, -0.25) is 9.59 Å². The third-order valence-corrected chi connectivity index (χ3v) is 4.19. The summed E-state index contributed by atoms with van der Waals surface area (Å²) in [7, 11) is 0. The number of halogens is 3. The lowest BCUT2D eigenvalue weighted by molar-refractivity contribution is -0.137. The van der Waals surface area contributed by atoms with Gasteiger partial charge in [-0.25, -0.2) is 0 Å². The predicted octanol–water partition coefficient (Wildman–Crippen LogP) is 4.48. The molecule has 1 N–H and O–H groups in total. The van der Waals surface area contributed by atoms with Gasteiger partial charge >= 0.3 is 6.18 Å². The fraction of sp³-hybridized carbons (Fsp3) is 0.143. The number of aryl methyl sites for hydroxylation is 1. The number of carbonyl (C=O) groups is 1. The van der Waals surface area contributed by atoms with Gasteiger partial charge in [0.25, 0.3) is 11.5 Å². The van der Waals surface area contributed by atoms with Crippen molar-refractivity contribution in [1.29, 1.82) is 0 Å². The molecule has 144 valence electrons. The maximum atomic E-state index is 12.8. The molecule has 0 radical (unpaired) electrons. The molecule has 0 atom stereocenters. The van der Waals surface area contributed by atoms with Crippen molar-refractivity contribution in [2.45, 2.75) is 19.6 Å². The van der Waals surface area contributed by atoms with E-state index < -0.39 is 23.2 Å². The highest BCUT2D eigenvalue weighted by Gasteiger charge is 2.30. The number of amides is 1. The second-order valence-electron chi connectivity index (χ2n) is 6.37. The summed E-state index contributed by atoms with van der Waals surface area (Å²) in [6.45, 7) is 2.23. The highest BCUT2D eigenvalue weighted by Crippen LogP contribution is 2.30. The average Bonchev–Trinajstić information content (AvgIpc) is 2.64. The Morgan fingerprint density at radius 3 is 2.43 bits per heavy atom. The number of alkyl halides is 3. The zero-order valence-electron chi connectivity index (χ0n) is 15.0. The van der Waals surface area contributed by atoms with Crippen LogP contribution in [0.25, 0.3) is 0 Å². The van der Waals surface area contributed by atoms with Crippen molar-refractivity contribution < 1.29 is 18.0 Å². The monoisotopic (exact) mass is 386 g/mol. The minimum absolute atomic E-state index is 0.0341. The minimum Gasteiger partial charge on any atom is -0.322 e. The first-order chi connectivity index (χ1) is 13.2. The maximum absolute atomic E-state index is 12.8. The Morgan fingerprint density at radius 2 is 1.75 bits per heavy atom. The van der Waals surface area contributed by atoms with E-state index in [2.05, 4.69) is 5.32 Å². The number of nitrogens with one attached hydrogen (secondary N) is 1. The smallest absolute Gasteiger partial charge is 0.322 e. The number of benzene rings is 2.